The Bertz CT molecular complexity index is 4190. The van der Waals surface area contributed by atoms with Gasteiger partial charge < -0.3 is 9.30 Å². The molecule has 4 heterocycles. The van der Waals surface area contributed by atoms with Gasteiger partial charge in [-0.25, -0.2) is 4.98 Å². The maximum Gasteiger partial charge on any atom is 0.232 e. The van der Waals surface area contributed by atoms with Crippen LogP contribution in [0.4, 0.5) is 0 Å². The third kappa shape index (κ3) is 8.49. The van der Waals surface area contributed by atoms with E-state index in [9.17, 15) is 0 Å². The molecule has 0 saturated carbocycles. The molecule has 0 N–H and O–H groups in total. The molecule has 0 aliphatic rings. The fourth-order valence-electron chi connectivity index (χ4n) is 10.7. The summed E-state index contributed by atoms with van der Waals surface area (Å²) in [6.07, 6.45) is 5.72. The van der Waals surface area contributed by atoms with E-state index in [4.69, 9.17) is 19.8 Å². The van der Waals surface area contributed by atoms with Crippen LogP contribution in [0.2, 0.25) is 0 Å². The lowest BCUT2D eigenvalue weighted by Crippen LogP contribution is -2.33. The molecule has 0 bridgehead atoms. The zero-order valence-electron chi connectivity index (χ0n) is 42.3. The first-order valence-electron chi connectivity index (χ1n) is 25.6. The normalized spacial score (nSPS) is 11.4. The SMILES string of the molecule is Cc1cc(-n2c3ccc(-c4ccccc4)cc3c3ccc(Oc4cc(-c5c(C)cccc5C)nc(-n5[c-][n+](-c6c(-c7ccccc7)cccc6-c6ccccc6)c(-c6ccccc6)n5)c4)cc32)ncc1-c1ccccc1. The molecule has 76 heavy (non-hydrogen) atoms. The molecule has 0 saturated heterocycles. The molecule has 0 unspecified atom stereocenters. The van der Waals surface area contributed by atoms with E-state index in [2.05, 4.69) is 230 Å². The van der Waals surface area contributed by atoms with Crippen LogP contribution in [-0.4, -0.2) is 24.3 Å². The topological polar surface area (TPSA) is 61.6 Å². The Balaban J connectivity index is 0.993. The highest BCUT2D eigenvalue weighted by Crippen LogP contribution is 2.40. The van der Waals surface area contributed by atoms with Crippen molar-refractivity contribution in [2.45, 2.75) is 20.8 Å². The van der Waals surface area contributed by atoms with E-state index in [1.165, 1.54) is 0 Å². The van der Waals surface area contributed by atoms with Gasteiger partial charge in [-0.1, -0.05) is 194 Å². The Kier molecular flexibility index (Phi) is 11.7. The number of hydrogen-bond donors (Lipinski definition) is 0. The Morgan fingerprint density at radius 2 is 1.00 bits per heavy atom. The Labute approximate surface area is 441 Å². The summed E-state index contributed by atoms with van der Waals surface area (Å²) in [7, 11) is 0. The van der Waals surface area contributed by atoms with Gasteiger partial charge in [0.25, 0.3) is 0 Å². The predicted octanol–water partition coefficient (Wildman–Crippen LogP) is 16.6. The number of nitrogens with zero attached hydrogens (tertiary/aromatic N) is 6. The molecule has 0 aliphatic carbocycles. The molecule has 4 aromatic heterocycles. The van der Waals surface area contributed by atoms with Crippen LogP contribution < -0.4 is 9.30 Å². The summed E-state index contributed by atoms with van der Waals surface area (Å²) >= 11 is 0. The molecule has 7 nitrogen and oxygen atoms in total. The Morgan fingerprint density at radius 1 is 0.421 bits per heavy atom. The van der Waals surface area contributed by atoms with Crippen molar-refractivity contribution in [2.24, 2.45) is 0 Å². The highest BCUT2D eigenvalue weighted by molar-refractivity contribution is 6.10. The Morgan fingerprint density at radius 3 is 1.62 bits per heavy atom. The number of aromatic nitrogens is 6. The van der Waals surface area contributed by atoms with Gasteiger partial charge in [-0.15, -0.1) is 4.68 Å². The zero-order valence-corrected chi connectivity index (χ0v) is 42.3. The monoisotopic (exact) mass is 978 g/mol. The minimum Gasteiger partial charge on any atom is -0.458 e. The number of aryl methyl sites for hydroxylation is 3. The van der Waals surface area contributed by atoms with Crippen LogP contribution in [0.3, 0.4) is 0 Å². The van der Waals surface area contributed by atoms with E-state index in [1.807, 2.05) is 54.7 Å². The van der Waals surface area contributed by atoms with Crippen molar-refractivity contribution in [3.8, 4) is 96.0 Å². The van der Waals surface area contributed by atoms with Crippen molar-refractivity contribution in [1.29, 1.82) is 0 Å². The lowest BCUT2D eigenvalue weighted by molar-refractivity contribution is -0.587. The molecule has 13 rings (SSSR count). The highest BCUT2D eigenvalue weighted by atomic mass is 16.5. The number of para-hydroxylation sites is 1. The maximum absolute atomic E-state index is 7.10. The first-order valence-corrected chi connectivity index (χ1v) is 25.6. The van der Waals surface area contributed by atoms with E-state index in [0.717, 1.165) is 111 Å². The second-order valence-electron chi connectivity index (χ2n) is 19.2. The summed E-state index contributed by atoms with van der Waals surface area (Å²) in [5, 5.41) is 7.61. The van der Waals surface area contributed by atoms with E-state index in [1.54, 1.807) is 4.68 Å². The molecular weight excluding hydrogens is 929 g/mol. The fraction of sp³-hybridized carbons (Fsp3) is 0.0435. The molecule has 362 valence electrons. The summed E-state index contributed by atoms with van der Waals surface area (Å²) in [5.74, 6) is 3.34. The number of benzene rings is 9. The van der Waals surface area contributed by atoms with E-state index < -0.39 is 0 Å². The van der Waals surface area contributed by atoms with E-state index in [0.29, 0.717) is 23.1 Å². The van der Waals surface area contributed by atoms with Gasteiger partial charge in [0.2, 0.25) is 12.2 Å². The van der Waals surface area contributed by atoms with Crippen molar-refractivity contribution >= 4 is 21.8 Å². The van der Waals surface area contributed by atoms with Gasteiger partial charge in [0.05, 0.1) is 16.7 Å². The molecule has 0 atom stereocenters. The van der Waals surface area contributed by atoms with Crippen molar-refractivity contribution < 1.29 is 9.30 Å². The summed E-state index contributed by atoms with van der Waals surface area (Å²) in [5.41, 5.74) is 17.8. The van der Waals surface area contributed by atoms with Crippen LogP contribution in [0.5, 0.6) is 11.5 Å². The third-order valence-electron chi connectivity index (χ3n) is 14.3. The number of ether oxygens (including phenoxy) is 1. The standard InChI is InChI=1S/C69H50N6O/c1-46-21-19-22-47(2)67(46)62-41-56(43-66(71-62)74-45-73(69(72-74)53-31-17-8-18-32-53)68-57(50-25-11-5-12-26-50)33-20-34-58(68)51-27-13-6-14-28-51)76-55-36-37-59-60-40-54(49-23-9-4-10-24-49)35-38-63(60)75(64(59)42-55)65-39-48(3)61(44-70-65)52-29-15-7-16-30-52/h4-44H,1-3H3. The van der Waals surface area contributed by atoms with Gasteiger partial charge in [-0.05, 0) is 112 Å². The van der Waals surface area contributed by atoms with Gasteiger partial charge in [-0.2, -0.15) is 0 Å². The first kappa shape index (κ1) is 45.9. The maximum atomic E-state index is 7.10. The van der Waals surface area contributed by atoms with Crippen molar-refractivity contribution in [2.75, 3.05) is 0 Å². The number of pyridine rings is 2. The summed E-state index contributed by atoms with van der Waals surface area (Å²) in [4.78, 5) is 10.6. The summed E-state index contributed by atoms with van der Waals surface area (Å²) in [6.45, 7) is 6.41. The fourth-order valence-corrected chi connectivity index (χ4v) is 10.7. The quantitative estimate of drug-likeness (QED) is 0.0957. The second-order valence-corrected chi connectivity index (χ2v) is 19.2. The molecule has 0 aliphatic heterocycles. The summed E-state index contributed by atoms with van der Waals surface area (Å²) in [6, 6.07) is 84.3. The largest absolute Gasteiger partial charge is 0.458 e. The first-order chi connectivity index (χ1) is 37.4. The van der Waals surface area contributed by atoms with Crippen molar-refractivity contribution in [3.05, 3.63) is 272 Å². The van der Waals surface area contributed by atoms with Crippen molar-refractivity contribution in [1.82, 2.24) is 24.3 Å². The van der Waals surface area contributed by atoms with Crippen LogP contribution in [0.15, 0.2) is 249 Å². The van der Waals surface area contributed by atoms with Crippen LogP contribution in [0.1, 0.15) is 16.7 Å². The predicted molar refractivity (Wildman–Crippen MR) is 307 cm³/mol. The molecule has 0 fully saturated rings. The van der Waals surface area contributed by atoms with E-state index >= 15 is 0 Å². The Hall–Kier alpha value is -9.98. The average Bonchev–Trinajstić information content (AvgIpc) is 4.12. The molecular formula is C69H50N6O. The molecule has 7 heteroatoms. The van der Waals surface area contributed by atoms with Crippen LogP contribution in [-0.2, 0) is 0 Å². The van der Waals surface area contributed by atoms with Crippen molar-refractivity contribution in [3.63, 3.8) is 0 Å². The minimum atomic E-state index is 0.548. The van der Waals surface area contributed by atoms with Gasteiger partial charge >= 0.3 is 0 Å². The number of fused-ring (bicyclic) bond motifs is 3. The van der Waals surface area contributed by atoms with Crippen LogP contribution in [0.25, 0.3) is 106 Å². The van der Waals surface area contributed by atoms with Gasteiger partial charge in [-0.3, -0.25) is 9.55 Å². The van der Waals surface area contributed by atoms with Crippen LogP contribution in [0, 0.1) is 27.1 Å². The van der Waals surface area contributed by atoms with E-state index in [-0.39, 0.29) is 0 Å². The average molecular weight is 979 g/mol. The molecule has 9 aromatic carbocycles. The lowest BCUT2D eigenvalue weighted by atomic mass is 9.95. The summed E-state index contributed by atoms with van der Waals surface area (Å²) < 4.78 is 13.2. The molecule has 0 amide bonds. The number of rotatable bonds is 11. The zero-order chi connectivity index (χ0) is 51.1. The smallest absolute Gasteiger partial charge is 0.232 e. The van der Waals surface area contributed by atoms with Gasteiger partial charge in [0.15, 0.2) is 5.82 Å². The third-order valence-corrected chi connectivity index (χ3v) is 14.3. The lowest BCUT2D eigenvalue weighted by Gasteiger charge is -2.19. The molecule has 13 aromatic rings. The second kappa shape index (κ2) is 19.5. The van der Waals surface area contributed by atoms with Crippen LogP contribution >= 0.6 is 0 Å². The van der Waals surface area contributed by atoms with Gasteiger partial charge in [0, 0.05) is 57.5 Å². The minimum absolute atomic E-state index is 0.548. The van der Waals surface area contributed by atoms with Gasteiger partial charge in [0.1, 0.15) is 17.3 Å². The molecule has 0 radical (unpaired) electrons. The molecule has 0 spiro atoms. The number of hydrogen-bond acceptors (Lipinski definition) is 4. The highest BCUT2D eigenvalue weighted by Gasteiger charge is 2.23.